The molecule has 0 bridgehead atoms. The zero-order chi connectivity index (χ0) is 13.9. The fourth-order valence-corrected chi connectivity index (χ4v) is 1.42. The van der Waals surface area contributed by atoms with Crippen molar-refractivity contribution < 1.29 is 13.9 Å². The smallest absolute Gasteiger partial charge is 0.313 e. The van der Waals surface area contributed by atoms with Gasteiger partial charge in [-0.2, -0.15) is 5.26 Å². The first-order chi connectivity index (χ1) is 8.24. The number of halogens is 1. The van der Waals surface area contributed by atoms with Crippen LogP contribution in [-0.2, 0) is 9.53 Å². The van der Waals surface area contributed by atoms with E-state index in [0.29, 0.717) is 5.56 Å². The monoisotopic (exact) mass is 249 g/mol. The van der Waals surface area contributed by atoms with Gasteiger partial charge in [-0.3, -0.25) is 4.79 Å². The van der Waals surface area contributed by atoms with Gasteiger partial charge in [0.15, 0.2) is 0 Å². The third kappa shape index (κ3) is 3.56. The second kappa shape index (κ2) is 5.18. The van der Waals surface area contributed by atoms with Gasteiger partial charge in [0, 0.05) is 0 Å². The summed E-state index contributed by atoms with van der Waals surface area (Å²) in [5.41, 5.74) is -0.0613. The van der Waals surface area contributed by atoms with Crippen molar-refractivity contribution in [2.75, 3.05) is 0 Å². The zero-order valence-electron chi connectivity index (χ0n) is 11.0. The molecule has 0 heterocycles. The molecule has 0 amide bonds. The van der Waals surface area contributed by atoms with Crippen LogP contribution in [0.4, 0.5) is 4.39 Å². The number of ether oxygens (including phenoxy) is 1. The van der Waals surface area contributed by atoms with Crippen LogP contribution in [0.25, 0.3) is 0 Å². The van der Waals surface area contributed by atoms with Crippen molar-refractivity contribution in [3.05, 3.63) is 35.1 Å². The molecule has 0 saturated heterocycles. The van der Waals surface area contributed by atoms with Gasteiger partial charge in [0.25, 0.3) is 0 Å². The number of carbonyl (C=O) groups excluding carboxylic acids is 1. The molecule has 4 heteroatoms. The van der Waals surface area contributed by atoms with Gasteiger partial charge in [-0.1, -0.05) is 6.07 Å². The van der Waals surface area contributed by atoms with E-state index in [-0.39, 0.29) is 5.56 Å². The van der Waals surface area contributed by atoms with Crippen molar-refractivity contribution >= 4 is 5.97 Å². The quantitative estimate of drug-likeness (QED) is 0.756. The number of nitrogens with zero attached hydrogens (tertiary/aromatic N) is 1. The molecule has 1 aromatic carbocycles. The maximum absolute atomic E-state index is 13.2. The van der Waals surface area contributed by atoms with Gasteiger partial charge in [0.2, 0.25) is 0 Å². The number of hydrogen-bond donors (Lipinski definition) is 0. The number of benzene rings is 1. The summed E-state index contributed by atoms with van der Waals surface area (Å²) in [5, 5.41) is 8.74. The molecule has 1 aromatic rings. The Morgan fingerprint density at radius 2 is 2.06 bits per heavy atom. The Hall–Kier alpha value is -1.89. The van der Waals surface area contributed by atoms with Crippen LogP contribution in [0, 0.1) is 17.1 Å². The van der Waals surface area contributed by atoms with E-state index in [1.807, 2.05) is 0 Å². The van der Waals surface area contributed by atoms with Gasteiger partial charge in [-0.15, -0.1) is 0 Å². The van der Waals surface area contributed by atoms with Gasteiger partial charge in [-0.05, 0) is 45.4 Å². The van der Waals surface area contributed by atoms with E-state index in [0.717, 1.165) is 0 Å². The van der Waals surface area contributed by atoms with Crippen molar-refractivity contribution in [3.63, 3.8) is 0 Å². The second-order valence-corrected chi connectivity index (χ2v) is 5.11. The Bertz CT molecular complexity index is 497. The molecule has 0 saturated carbocycles. The SMILES string of the molecule is CC(C(=O)OC(C)(C)C)c1ccc(F)c(C#N)c1. The van der Waals surface area contributed by atoms with Crippen LogP contribution in [-0.4, -0.2) is 11.6 Å². The highest BCUT2D eigenvalue weighted by molar-refractivity contribution is 5.78. The van der Waals surface area contributed by atoms with E-state index in [9.17, 15) is 9.18 Å². The molecule has 3 nitrogen and oxygen atoms in total. The Labute approximate surface area is 106 Å². The van der Waals surface area contributed by atoms with E-state index >= 15 is 0 Å². The van der Waals surface area contributed by atoms with Crippen molar-refractivity contribution in [1.82, 2.24) is 0 Å². The fraction of sp³-hybridized carbons (Fsp3) is 0.429. The Balaban J connectivity index is 2.95. The number of hydrogen-bond acceptors (Lipinski definition) is 3. The van der Waals surface area contributed by atoms with E-state index in [4.69, 9.17) is 10.00 Å². The first kappa shape index (κ1) is 14.2. The van der Waals surface area contributed by atoms with Crippen LogP contribution in [0.2, 0.25) is 0 Å². The molecule has 0 aliphatic heterocycles. The molecule has 0 radical (unpaired) electrons. The Kier molecular flexibility index (Phi) is 4.07. The number of rotatable bonds is 2. The Morgan fingerprint density at radius 1 is 1.44 bits per heavy atom. The predicted molar refractivity (Wildman–Crippen MR) is 65.4 cm³/mol. The third-order valence-electron chi connectivity index (χ3n) is 2.37. The van der Waals surface area contributed by atoms with E-state index in [2.05, 4.69) is 0 Å². The molecular weight excluding hydrogens is 233 g/mol. The average molecular weight is 249 g/mol. The molecule has 0 fully saturated rings. The lowest BCUT2D eigenvalue weighted by molar-refractivity contribution is -0.156. The minimum absolute atomic E-state index is 0.0668. The fourth-order valence-electron chi connectivity index (χ4n) is 1.42. The van der Waals surface area contributed by atoms with Gasteiger partial charge >= 0.3 is 5.97 Å². The molecule has 0 N–H and O–H groups in total. The molecule has 18 heavy (non-hydrogen) atoms. The summed E-state index contributed by atoms with van der Waals surface area (Å²) in [6, 6.07) is 5.81. The molecule has 1 atom stereocenters. The summed E-state index contributed by atoms with van der Waals surface area (Å²) in [7, 11) is 0. The van der Waals surface area contributed by atoms with Gasteiger partial charge < -0.3 is 4.74 Å². The summed E-state index contributed by atoms with van der Waals surface area (Å²) in [4.78, 5) is 11.8. The predicted octanol–water partition coefficient (Wildman–Crippen LogP) is 3.14. The third-order valence-corrected chi connectivity index (χ3v) is 2.37. The summed E-state index contributed by atoms with van der Waals surface area (Å²) < 4.78 is 18.4. The lowest BCUT2D eigenvalue weighted by Gasteiger charge is -2.22. The molecule has 0 aliphatic carbocycles. The lowest BCUT2D eigenvalue weighted by Crippen LogP contribution is -2.26. The first-order valence-corrected chi connectivity index (χ1v) is 5.67. The normalized spacial score (nSPS) is 12.7. The van der Waals surface area contributed by atoms with Crippen molar-refractivity contribution in [1.29, 1.82) is 5.26 Å². The molecule has 0 aromatic heterocycles. The summed E-state index contributed by atoms with van der Waals surface area (Å²) in [5.74, 6) is -1.51. The summed E-state index contributed by atoms with van der Waals surface area (Å²) >= 11 is 0. The van der Waals surface area contributed by atoms with Crippen LogP contribution in [0.3, 0.4) is 0 Å². The van der Waals surface area contributed by atoms with Crippen LogP contribution in [0.15, 0.2) is 18.2 Å². The minimum Gasteiger partial charge on any atom is -0.460 e. The second-order valence-electron chi connectivity index (χ2n) is 5.11. The molecule has 1 unspecified atom stereocenters. The topological polar surface area (TPSA) is 50.1 Å². The number of nitriles is 1. The highest BCUT2D eigenvalue weighted by atomic mass is 19.1. The highest BCUT2D eigenvalue weighted by Gasteiger charge is 2.23. The molecule has 96 valence electrons. The zero-order valence-corrected chi connectivity index (χ0v) is 11.0. The lowest BCUT2D eigenvalue weighted by atomic mass is 9.99. The minimum atomic E-state index is -0.586. The van der Waals surface area contributed by atoms with Crippen LogP contribution < -0.4 is 0 Å². The van der Waals surface area contributed by atoms with E-state index in [1.165, 1.54) is 18.2 Å². The van der Waals surface area contributed by atoms with Crippen molar-refractivity contribution in [3.8, 4) is 6.07 Å². The van der Waals surface area contributed by atoms with Gasteiger partial charge in [0.05, 0.1) is 11.5 Å². The number of esters is 1. The van der Waals surface area contributed by atoms with Crippen molar-refractivity contribution in [2.45, 2.75) is 39.2 Å². The molecular formula is C14H16FNO2. The molecule has 0 aliphatic rings. The maximum Gasteiger partial charge on any atom is 0.313 e. The van der Waals surface area contributed by atoms with Gasteiger partial charge in [-0.25, -0.2) is 4.39 Å². The van der Waals surface area contributed by atoms with Crippen molar-refractivity contribution in [2.24, 2.45) is 0 Å². The highest BCUT2D eigenvalue weighted by Crippen LogP contribution is 2.22. The van der Waals surface area contributed by atoms with Crippen LogP contribution >= 0.6 is 0 Å². The van der Waals surface area contributed by atoms with E-state index < -0.39 is 23.3 Å². The number of carbonyl (C=O) groups is 1. The van der Waals surface area contributed by atoms with E-state index in [1.54, 1.807) is 33.8 Å². The average Bonchev–Trinajstić information content (AvgIpc) is 2.26. The summed E-state index contributed by atoms with van der Waals surface area (Å²) in [6.07, 6.45) is 0. The van der Waals surface area contributed by atoms with Crippen LogP contribution in [0.1, 0.15) is 44.7 Å². The molecule has 1 rings (SSSR count). The summed E-state index contributed by atoms with van der Waals surface area (Å²) in [6.45, 7) is 7.01. The Morgan fingerprint density at radius 3 is 2.56 bits per heavy atom. The molecule has 0 spiro atoms. The first-order valence-electron chi connectivity index (χ1n) is 5.67. The standard InChI is InChI=1S/C14H16FNO2/c1-9(13(17)18-14(2,3)4)10-5-6-12(15)11(7-10)8-16/h5-7,9H,1-4H3. The van der Waals surface area contributed by atoms with Gasteiger partial charge in [0.1, 0.15) is 17.5 Å². The largest absolute Gasteiger partial charge is 0.460 e. The van der Waals surface area contributed by atoms with Crippen LogP contribution in [0.5, 0.6) is 0 Å². The maximum atomic E-state index is 13.2.